The number of esters is 2. The van der Waals surface area contributed by atoms with Crippen LogP contribution in [0.25, 0.3) is 0 Å². The topological polar surface area (TPSA) is 104 Å². The normalized spacial score (nSPS) is 24.6. The third kappa shape index (κ3) is 4.05. The van der Waals surface area contributed by atoms with Gasteiger partial charge in [0.05, 0.1) is 20.4 Å². The van der Waals surface area contributed by atoms with Gasteiger partial charge in [-0.05, 0) is 65.9 Å². The molecule has 3 atom stereocenters. The van der Waals surface area contributed by atoms with E-state index in [-0.39, 0.29) is 5.78 Å². The number of benzene rings is 3. The highest BCUT2D eigenvalue weighted by Gasteiger charge is 2.75. The van der Waals surface area contributed by atoms with Gasteiger partial charge in [0.15, 0.2) is 5.78 Å². The maximum atomic E-state index is 14.7. The molecule has 0 unspecified atom stereocenters. The molecule has 0 aromatic heterocycles. The highest BCUT2D eigenvalue weighted by atomic mass is 16.7. The van der Waals surface area contributed by atoms with Gasteiger partial charge >= 0.3 is 11.9 Å². The summed E-state index contributed by atoms with van der Waals surface area (Å²) in [6, 6.07) is 19.4. The summed E-state index contributed by atoms with van der Waals surface area (Å²) in [5.74, 6) is -2.72. The first-order valence-electron chi connectivity index (χ1n) is 14.6. The second-order valence-electron chi connectivity index (χ2n) is 11.6. The second-order valence-corrected chi connectivity index (χ2v) is 11.6. The van der Waals surface area contributed by atoms with Crippen LogP contribution in [0.2, 0.25) is 0 Å². The first-order chi connectivity index (χ1) is 20.9. The van der Waals surface area contributed by atoms with Crippen LogP contribution in [0.5, 0.6) is 11.5 Å². The maximum absolute atomic E-state index is 14.7. The first kappa shape index (κ1) is 27.2. The van der Waals surface area contributed by atoms with E-state index >= 15 is 0 Å². The van der Waals surface area contributed by atoms with Crippen molar-refractivity contribution in [3.05, 3.63) is 95.1 Å². The molecule has 0 N–H and O–H groups in total. The lowest BCUT2D eigenvalue weighted by Crippen LogP contribution is -2.60. The average Bonchev–Trinajstić information content (AvgIpc) is 3.36. The molecule has 1 aliphatic carbocycles. The van der Waals surface area contributed by atoms with Gasteiger partial charge in [0, 0.05) is 24.3 Å². The predicted molar refractivity (Wildman–Crippen MR) is 156 cm³/mol. The fourth-order valence-corrected chi connectivity index (χ4v) is 7.31. The number of hydrogen-bond donors (Lipinski definition) is 0. The zero-order valence-corrected chi connectivity index (χ0v) is 24.0. The van der Waals surface area contributed by atoms with Gasteiger partial charge in [0.1, 0.15) is 23.6 Å². The molecular weight excluding hydrogens is 548 g/mol. The standard InChI is InChI=1S/C34H32N2O7/c1-40-24-14-10-21(11-15-24)27-28(29(37)22-12-16-25(41-2)17-13-22)36-30(26-9-5-4-8-23(26)20-35-36)34(27)31(38)42-33(43-32(34)39)18-6-3-7-19-33/h4-5,8-17,20,27-28,30H,3,6-7,18-19H2,1-2H3/t27-,28-,30-/m0/s1. The Balaban J connectivity index is 1.46. The molecule has 220 valence electrons. The van der Waals surface area contributed by atoms with Gasteiger partial charge in [-0.25, -0.2) is 0 Å². The fourth-order valence-electron chi connectivity index (χ4n) is 7.31. The number of hydrogen-bond acceptors (Lipinski definition) is 9. The van der Waals surface area contributed by atoms with Crippen molar-refractivity contribution in [2.45, 2.75) is 55.9 Å². The van der Waals surface area contributed by atoms with Gasteiger partial charge in [-0.15, -0.1) is 0 Å². The van der Waals surface area contributed by atoms with Crippen molar-refractivity contribution in [1.29, 1.82) is 0 Å². The fraction of sp³-hybridized carbons (Fsp3) is 0.353. The summed E-state index contributed by atoms with van der Waals surface area (Å²) in [5, 5.41) is 6.37. The van der Waals surface area contributed by atoms with Gasteiger partial charge in [0.2, 0.25) is 5.41 Å². The van der Waals surface area contributed by atoms with Crippen molar-refractivity contribution in [3.8, 4) is 11.5 Å². The zero-order chi connectivity index (χ0) is 29.8. The van der Waals surface area contributed by atoms with Crippen LogP contribution in [0.1, 0.15) is 71.1 Å². The number of hydrazone groups is 1. The minimum absolute atomic E-state index is 0.291. The number of ketones is 1. The molecule has 1 saturated carbocycles. The van der Waals surface area contributed by atoms with Gasteiger partial charge in [-0.3, -0.25) is 19.4 Å². The van der Waals surface area contributed by atoms with Gasteiger partial charge < -0.3 is 18.9 Å². The molecule has 43 heavy (non-hydrogen) atoms. The summed E-state index contributed by atoms with van der Waals surface area (Å²) < 4.78 is 23.2. The molecule has 3 fully saturated rings. The third-order valence-corrected chi connectivity index (χ3v) is 9.37. The van der Waals surface area contributed by atoms with E-state index in [9.17, 15) is 14.4 Å². The molecule has 9 heteroatoms. The Bertz CT molecular complexity index is 1590. The maximum Gasteiger partial charge on any atom is 0.330 e. The monoisotopic (exact) mass is 580 g/mol. The van der Waals surface area contributed by atoms with E-state index in [0.717, 1.165) is 24.8 Å². The van der Waals surface area contributed by atoms with Crippen LogP contribution < -0.4 is 9.47 Å². The van der Waals surface area contributed by atoms with E-state index in [0.29, 0.717) is 41.0 Å². The Morgan fingerprint density at radius 3 is 2.07 bits per heavy atom. The van der Waals surface area contributed by atoms with E-state index < -0.39 is 41.1 Å². The molecule has 9 nitrogen and oxygen atoms in total. The number of methoxy groups -OCH3 is 2. The van der Waals surface area contributed by atoms with Crippen molar-refractivity contribution in [2.75, 3.05) is 14.2 Å². The minimum Gasteiger partial charge on any atom is -0.497 e. The summed E-state index contributed by atoms with van der Waals surface area (Å²) in [7, 11) is 3.12. The van der Waals surface area contributed by atoms with E-state index in [1.165, 1.54) is 0 Å². The van der Waals surface area contributed by atoms with Crippen LogP contribution in [0, 0.1) is 5.41 Å². The molecule has 3 aromatic carbocycles. The molecule has 2 saturated heterocycles. The average molecular weight is 581 g/mol. The number of carbonyl (C=O) groups is 3. The molecule has 3 heterocycles. The quantitative estimate of drug-likeness (QED) is 0.231. The lowest BCUT2D eigenvalue weighted by Gasteiger charge is -2.47. The largest absolute Gasteiger partial charge is 0.497 e. The van der Waals surface area contributed by atoms with Crippen LogP contribution in [-0.2, 0) is 19.1 Å². The third-order valence-electron chi connectivity index (χ3n) is 9.37. The van der Waals surface area contributed by atoms with Crippen molar-refractivity contribution in [1.82, 2.24) is 5.01 Å². The Morgan fingerprint density at radius 2 is 1.44 bits per heavy atom. The highest BCUT2D eigenvalue weighted by Crippen LogP contribution is 2.63. The molecule has 3 aliphatic heterocycles. The number of Topliss-reactive ketones (excluding diaryl/α,β-unsaturated/α-hetero) is 1. The Kier molecular flexibility index (Phi) is 6.49. The lowest BCUT2D eigenvalue weighted by molar-refractivity contribution is -0.273. The first-order valence-corrected chi connectivity index (χ1v) is 14.6. The summed E-state index contributed by atoms with van der Waals surface area (Å²) in [5.41, 5.74) is 0.554. The van der Waals surface area contributed by atoms with Gasteiger partial charge in [-0.1, -0.05) is 42.8 Å². The summed E-state index contributed by atoms with van der Waals surface area (Å²) in [4.78, 5) is 44.0. The molecule has 4 aliphatic rings. The summed E-state index contributed by atoms with van der Waals surface area (Å²) in [6.07, 6.45) is 5.13. The highest BCUT2D eigenvalue weighted by molar-refractivity contribution is 6.09. The number of nitrogens with zero attached hydrogens (tertiary/aromatic N) is 2. The minimum atomic E-state index is -1.90. The van der Waals surface area contributed by atoms with Crippen molar-refractivity contribution >= 4 is 23.9 Å². The van der Waals surface area contributed by atoms with E-state index in [1.807, 2.05) is 24.3 Å². The molecule has 0 bridgehead atoms. The molecule has 2 spiro atoms. The van der Waals surface area contributed by atoms with E-state index in [1.54, 1.807) is 74.0 Å². The van der Waals surface area contributed by atoms with Crippen molar-refractivity contribution < 1.29 is 33.3 Å². The zero-order valence-electron chi connectivity index (χ0n) is 24.0. The van der Waals surface area contributed by atoms with Gasteiger partial charge in [-0.2, -0.15) is 5.10 Å². The molecule has 0 amide bonds. The smallest absolute Gasteiger partial charge is 0.330 e. The predicted octanol–water partition coefficient (Wildman–Crippen LogP) is 5.19. The summed E-state index contributed by atoms with van der Waals surface area (Å²) in [6.45, 7) is 0. The van der Waals surface area contributed by atoms with Crippen molar-refractivity contribution in [2.24, 2.45) is 10.5 Å². The Labute approximate surface area is 249 Å². The van der Waals surface area contributed by atoms with Crippen molar-refractivity contribution in [3.63, 3.8) is 0 Å². The van der Waals surface area contributed by atoms with E-state index in [2.05, 4.69) is 0 Å². The van der Waals surface area contributed by atoms with Crippen LogP contribution in [-0.4, -0.2) is 55.0 Å². The van der Waals surface area contributed by atoms with Crippen LogP contribution >= 0.6 is 0 Å². The summed E-state index contributed by atoms with van der Waals surface area (Å²) >= 11 is 0. The number of ether oxygens (including phenoxy) is 4. The molecule has 0 radical (unpaired) electrons. The number of rotatable bonds is 5. The lowest BCUT2D eigenvalue weighted by atomic mass is 9.65. The molecule has 3 aromatic rings. The van der Waals surface area contributed by atoms with Gasteiger partial charge in [0.25, 0.3) is 5.79 Å². The van der Waals surface area contributed by atoms with Crippen LogP contribution in [0.3, 0.4) is 0 Å². The Hall–Kier alpha value is -4.66. The van der Waals surface area contributed by atoms with E-state index in [4.69, 9.17) is 24.0 Å². The number of fused-ring (bicyclic) bond motifs is 4. The van der Waals surface area contributed by atoms with Crippen LogP contribution in [0.4, 0.5) is 0 Å². The van der Waals surface area contributed by atoms with Crippen LogP contribution in [0.15, 0.2) is 77.9 Å². The molecular formula is C34H32N2O7. The SMILES string of the molecule is COc1ccc(C(=O)[C@@H]2[C@H](c3ccc(OC)cc3)C3(C(=O)OC4(CCCCC4)OC3=O)[C@@H]3c4ccccc4C=NN23)cc1. The number of carbonyl (C=O) groups excluding carboxylic acids is 3. The second kappa shape index (κ2) is 10.3. The Morgan fingerprint density at radius 1 is 0.837 bits per heavy atom. The molecule has 7 rings (SSSR count).